The fraction of sp³-hybridized carbons (Fsp3) is 0.364. The highest BCUT2D eigenvalue weighted by Gasteiger charge is 2.20. The molecule has 0 aliphatic rings. The Kier molecular flexibility index (Phi) is 3.38. The van der Waals surface area contributed by atoms with Gasteiger partial charge in [-0.2, -0.15) is 0 Å². The maximum absolute atomic E-state index is 11.2. The number of carbonyl (C=O) groups excluding carboxylic acids is 1. The summed E-state index contributed by atoms with van der Waals surface area (Å²) in [6.45, 7) is 6.16. The van der Waals surface area contributed by atoms with Crippen LogP contribution in [0.1, 0.15) is 36.7 Å². The lowest BCUT2D eigenvalue weighted by molar-refractivity contribution is 0.107. The quantitative estimate of drug-likeness (QED) is 0.705. The van der Waals surface area contributed by atoms with Gasteiger partial charge < -0.3 is 0 Å². The van der Waals surface area contributed by atoms with Gasteiger partial charge in [0.25, 0.3) is 5.24 Å². The summed E-state index contributed by atoms with van der Waals surface area (Å²) in [5.41, 5.74) is 1.47. The van der Waals surface area contributed by atoms with Crippen LogP contribution in [-0.4, -0.2) is 5.24 Å². The van der Waals surface area contributed by atoms with Gasteiger partial charge in [-0.3, -0.25) is 4.79 Å². The molecular weight excluding hydrogens is 263 g/mol. The van der Waals surface area contributed by atoms with E-state index >= 15 is 0 Å². The van der Waals surface area contributed by atoms with E-state index in [0.29, 0.717) is 5.56 Å². The fourth-order valence-electron chi connectivity index (χ4n) is 1.31. The summed E-state index contributed by atoms with van der Waals surface area (Å²) < 4.78 is 0.962. The maximum Gasteiger partial charge on any atom is 0.252 e. The van der Waals surface area contributed by atoms with Crippen molar-refractivity contribution in [2.45, 2.75) is 26.2 Å². The third-order valence-electron chi connectivity index (χ3n) is 2.00. The van der Waals surface area contributed by atoms with Crippen LogP contribution in [0.5, 0.6) is 0 Å². The minimum Gasteiger partial charge on any atom is -0.276 e. The van der Waals surface area contributed by atoms with Crippen LogP contribution in [0.2, 0.25) is 0 Å². The van der Waals surface area contributed by atoms with Gasteiger partial charge >= 0.3 is 0 Å². The predicted octanol–water partition coefficient (Wildman–Crippen LogP) is 4.13. The molecule has 0 heterocycles. The second-order valence-corrected chi connectivity index (χ2v) is 5.47. The number of hydrogen-bond donors (Lipinski definition) is 0. The molecule has 0 amide bonds. The summed E-state index contributed by atoms with van der Waals surface area (Å²) in [6.07, 6.45) is 0. The van der Waals surface area contributed by atoms with Gasteiger partial charge in [-0.15, -0.1) is 0 Å². The van der Waals surface area contributed by atoms with E-state index in [1.807, 2.05) is 12.1 Å². The topological polar surface area (TPSA) is 17.1 Å². The molecule has 0 radical (unpaired) electrons. The van der Waals surface area contributed by atoms with E-state index in [2.05, 4.69) is 36.7 Å². The van der Waals surface area contributed by atoms with Gasteiger partial charge in [0, 0.05) is 10.0 Å². The average Bonchev–Trinajstić information content (AvgIpc) is 2.01. The van der Waals surface area contributed by atoms with Crippen molar-refractivity contribution in [1.29, 1.82) is 0 Å². The normalized spacial score (nSPS) is 11.5. The minimum atomic E-state index is -0.401. The van der Waals surface area contributed by atoms with Crippen molar-refractivity contribution in [1.82, 2.24) is 0 Å². The molecule has 0 aliphatic heterocycles. The molecule has 0 atom stereocenters. The lowest BCUT2D eigenvalue weighted by Crippen LogP contribution is -2.15. The first-order valence-corrected chi connectivity index (χ1v) is 5.49. The molecule has 0 bridgehead atoms. The van der Waals surface area contributed by atoms with Gasteiger partial charge in [0.2, 0.25) is 0 Å². The summed E-state index contributed by atoms with van der Waals surface area (Å²) in [6, 6.07) is 5.51. The van der Waals surface area contributed by atoms with E-state index in [-0.39, 0.29) is 5.41 Å². The van der Waals surface area contributed by atoms with Crippen molar-refractivity contribution >= 4 is 32.8 Å². The molecule has 0 aromatic heterocycles. The standard InChI is InChI=1S/C11H12BrClO/c1-11(2,3)9-6-7(12)4-5-8(9)10(13)14/h4-6H,1-3H3. The van der Waals surface area contributed by atoms with Gasteiger partial charge in [-0.1, -0.05) is 36.7 Å². The summed E-state index contributed by atoms with van der Waals surface area (Å²) in [5.74, 6) is 0. The third kappa shape index (κ3) is 2.58. The first-order chi connectivity index (χ1) is 6.32. The Labute approximate surface area is 97.6 Å². The predicted molar refractivity (Wildman–Crippen MR) is 63.0 cm³/mol. The van der Waals surface area contributed by atoms with E-state index in [0.717, 1.165) is 10.0 Å². The van der Waals surface area contributed by atoms with Gasteiger partial charge in [0.1, 0.15) is 0 Å². The molecule has 1 aromatic rings. The molecule has 0 aliphatic carbocycles. The van der Waals surface area contributed by atoms with Gasteiger partial charge in [0.15, 0.2) is 0 Å². The molecule has 0 fully saturated rings. The fourth-order valence-corrected chi connectivity index (χ4v) is 1.83. The van der Waals surface area contributed by atoms with Gasteiger partial charge in [-0.25, -0.2) is 0 Å². The Morgan fingerprint density at radius 3 is 2.36 bits per heavy atom. The first kappa shape index (κ1) is 11.7. The molecule has 76 valence electrons. The average molecular weight is 276 g/mol. The summed E-state index contributed by atoms with van der Waals surface area (Å²) in [5, 5.41) is -0.401. The van der Waals surface area contributed by atoms with E-state index in [1.165, 1.54) is 0 Å². The molecule has 0 spiro atoms. The second-order valence-electron chi connectivity index (χ2n) is 4.21. The van der Waals surface area contributed by atoms with Crippen molar-refractivity contribution in [3.05, 3.63) is 33.8 Å². The number of benzene rings is 1. The molecule has 1 nitrogen and oxygen atoms in total. The van der Waals surface area contributed by atoms with Crippen LogP contribution >= 0.6 is 27.5 Å². The molecule has 1 rings (SSSR count). The van der Waals surface area contributed by atoms with E-state index in [1.54, 1.807) is 6.07 Å². The Morgan fingerprint density at radius 2 is 1.93 bits per heavy atom. The molecule has 0 N–H and O–H groups in total. The summed E-state index contributed by atoms with van der Waals surface area (Å²) in [4.78, 5) is 11.2. The van der Waals surface area contributed by atoms with Crippen molar-refractivity contribution in [2.75, 3.05) is 0 Å². The summed E-state index contributed by atoms with van der Waals surface area (Å²) in [7, 11) is 0. The highest BCUT2D eigenvalue weighted by Crippen LogP contribution is 2.29. The summed E-state index contributed by atoms with van der Waals surface area (Å²) >= 11 is 8.90. The molecule has 0 saturated carbocycles. The van der Waals surface area contributed by atoms with Crippen molar-refractivity contribution in [2.24, 2.45) is 0 Å². The van der Waals surface area contributed by atoms with Gasteiger partial charge in [0.05, 0.1) is 0 Å². The SMILES string of the molecule is CC(C)(C)c1cc(Br)ccc1C(=O)Cl. The minimum absolute atomic E-state index is 0.0797. The monoisotopic (exact) mass is 274 g/mol. The third-order valence-corrected chi connectivity index (χ3v) is 2.70. The van der Waals surface area contributed by atoms with Crippen molar-refractivity contribution < 1.29 is 4.79 Å². The number of hydrogen-bond acceptors (Lipinski definition) is 1. The van der Waals surface area contributed by atoms with Crippen LogP contribution in [0, 0.1) is 0 Å². The second kappa shape index (κ2) is 4.03. The smallest absolute Gasteiger partial charge is 0.252 e. The highest BCUT2D eigenvalue weighted by atomic mass is 79.9. The number of rotatable bonds is 1. The Balaban J connectivity index is 3.38. The zero-order valence-electron chi connectivity index (χ0n) is 8.40. The zero-order chi connectivity index (χ0) is 10.9. The molecule has 3 heteroatoms. The van der Waals surface area contributed by atoms with E-state index < -0.39 is 5.24 Å². The largest absolute Gasteiger partial charge is 0.276 e. The van der Waals surface area contributed by atoms with Crippen LogP contribution in [0.25, 0.3) is 0 Å². The first-order valence-electron chi connectivity index (χ1n) is 4.32. The Bertz CT molecular complexity index is 366. The lowest BCUT2D eigenvalue weighted by Gasteiger charge is -2.21. The Hall–Kier alpha value is -0.340. The van der Waals surface area contributed by atoms with E-state index in [4.69, 9.17) is 11.6 Å². The van der Waals surface area contributed by atoms with Gasteiger partial charge in [-0.05, 0) is 40.8 Å². The Morgan fingerprint density at radius 1 is 1.36 bits per heavy atom. The molecule has 1 aromatic carbocycles. The number of carbonyl (C=O) groups is 1. The zero-order valence-corrected chi connectivity index (χ0v) is 10.7. The molecular formula is C11H12BrClO. The maximum atomic E-state index is 11.2. The van der Waals surface area contributed by atoms with Crippen LogP contribution < -0.4 is 0 Å². The highest BCUT2D eigenvalue weighted by molar-refractivity contribution is 9.10. The van der Waals surface area contributed by atoms with Crippen LogP contribution in [0.3, 0.4) is 0 Å². The van der Waals surface area contributed by atoms with Crippen LogP contribution in [0.15, 0.2) is 22.7 Å². The molecule has 0 saturated heterocycles. The number of halogens is 2. The van der Waals surface area contributed by atoms with Crippen molar-refractivity contribution in [3.8, 4) is 0 Å². The van der Waals surface area contributed by atoms with Crippen molar-refractivity contribution in [3.63, 3.8) is 0 Å². The van der Waals surface area contributed by atoms with Crippen LogP contribution in [-0.2, 0) is 5.41 Å². The lowest BCUT2D eigenvalue weighted by atomic mass is 9.84. The van der Waals surface area contributed by atoms with E-state index in [9.17, 15) is 4.79 Å². The molecule has 0 unspecified atom stereocenters. The molecule has 14 heavy (non-hydrogen) atoms. The van der Waals surface area contributed by atoms with Crippen LogP contribution in [0.4, 0.5) is 0 Å².